The third kappa shape index (κ3) is 2.27. The lowest BCUT2D eigenvalue weighted by atomic mass is 10.3. The summed E-state index contributed by atoms with van der Waals surface area (Å²) < 4.78 is 1.97. The fourth-order valence-corrected chi connectivity index (χ4v) is 1.90. The molecule has 1 aromatic heterocycles. The van der Waals surface area contributed by atoms with Gasteiger partial charge in [0.1, 0.15) is 5.03 Å². The van der Waals surface area contributed by atoms with Crippen LogP contribution in [0.2, 0.25) is 0 Å². The Bertz CT molecular complexity index is 243. The first kappa shape index (κ1) is 9.65. The average molecular weight is 184 g/mol. The summed E-state index contributed by atoms with van der Waals surface area (Å²) in [5.41, 5.74) is 1.31. The predicted octanol–water partition coefficient (Wildman–Crippen LogP) is 2.48. The molecule has 0 atom stereocenters. The summed E-state index contributed by atoms with van der Waals surface area (Å²) in [5, 5.41) is 5.56. The lowest BCUT2D eigenvalue weighted by Gasteiger charge is -1.93. The molecule has 0 saturated heterocycles. The molecule has 0 N–H and O–H groups in total. The van der Waals surface area contributed by atoms with Crippen LogP contribution in [0.15, 0.2) is 11.1 Å². The van der Waals surface area contributed by atoms with Gasteiger partial charge in [0.2, 0.25) is 0 Å². The van der Waals surface area contributed by atoms with Gasteiger partial charge in [-0.3, -0.25) is 4.68 Å². The minimum atomic E-state index is 1.07. The Hall–Kier alpha value is -0.440. The van der Waals surface area contributed by atoms with Crippen LogP contribution < -0.4 is 0 Å². The molecule has 3 heteroatoms. The van der Waals surface area contributed by atoms with Crippen LogP contribution in [0.3, 0.4) is 0 Å². The molecular weight excluding hydrogens is 168 g/mol. The van der Waals surface area contributed by atoms with E-state index in [0.717, 1.165) is 11.4 Å². The van der Waals surface area contributed by atoms with E-state index in [-0.39, 0.29) is 0 Å². The van der Waals surface area contributed by atoms with Gasteiger partial charge in [0.15, 0.2) is 0 Å². The van der Waals surface area contributed by atoms with Crippen LogP contribution in [0.5, 0.6) is 0 Å². The molecule has 0 aromatic carbocycles. The van der Waals surface area contributed by atoms with E-state index in [2.05, 4.69) is 25.0 Å². The van der Waals surface area contributed by atoms with Crippen molar-refractivity contribution in [3.63, 3.8) is 0 Å². The Morgan fingerprint density at radius 1 is 1.50 bits per heavy atom. The van der Waals surface area contributed by atoms with Crippen molar-refractivity contribution in [1.82, 2.24) is 9.78 Å². The molecule has 0 aliphatic heterocycles. The highest BCUT2D eigenvalue weighted by atomic mass is 32.2. The third-order valence-electron chi connectivity index (χ3n) is 1.77. The number of hydrogen-bond acceptors (Lipinski definition) is 2. The van der Waals surface area contributed by atoms with Gasteiger partial charge in [-0.2, -0.15) is 5.10 Å². The molecule has 0 spiro atoms. The van der Waals surface area contributed by atoms with E-state index < -0.39 is 0 Å². The van der Waals surface area contributed by atoms with Crippen LogP contribution >= 0.6 is 11.8 Å². The third-order valence-corrected chi connectivity index (χ3v) is 2.88. The van der Waals surface area contributed by atoms with Crippen LogP contribution in [0, 0.1) is 0 Å². The topological polar surface area (TPSA) is 17.8 Å². The number of aryl methyl sites for hydroxylation is 2. The van der Waals surface area contributed by atoms with E-state index in [4.69, 9.17) is 0 Å². The zero-order valence-electron chi connectivity index (χ0n) is 8.00. The number of hydrogen-bond donors (Lipinski definition) is 0. The number of nitrogens with zero attached hydrogens (tertiary/aromatic N) is 2. The normalized spacial score (nSPS) is 10.6. The Balaban J connectivity index is 2.62. The largest absolute Gasteiger partial charge is 0.272 e. The van der Waals surface area contributed by atoms with E-state index in [9.17, 15) is 0 Å². The molecule has 1 rings (SSSR count). The van der Waals surface area contributed by atoms with E-state index in [0.29, 0.717) is 0 Å². The van der Waals surface area contributed by atoms with Crippen molar-refractivity contribution in [2.45, 2.75) is 31.7 Å². The van der Waals surface area contributed by atoms with E-state index in [1.54, 1.807) is 0 Å². The van der Waals surface area contributed by atoms with Crippen molar-refractivity contribution in [1.29, 1.82) is 0 Å². The molecule has 1 heterocycles. The van der Waals surface area contributed by atoms with Crippen molar-refractivity contribution in [3.05, 3.63) is 11.8 Å². The molecule has 68 valence electrons. The van der Waals surface area contributed by atoms with Crippen molar-refractivity contribution in [3.8, 4) is 0 Å². The second-order valence-electron chi connectivity index (χ2n) is 2.80. The molecule has 0 amide bonds. The molecule has 0 unspecified atom stereocenters. The predicted molar refractivity (Wildman–Crippen MR) is 53.6 cm³/mol. The van der Waals surface area contributed by atoms with Gasteiger partial charge in [-0.1, -0.05) is 13.8 Å². The summed E-state index contributed by atoms with van der Waals surface area (Å²) in [6.45, 7) is 4.35. The monoisotopic (exact) mass is 184 g/mol. The molecule has 0 saturated carbocycles. The molecule has 0 bridgehead atoms. The summed E-state index contributed by atoms with van der Waals surface area (Å²) in [4.78, 5) is 0. The van der Waals surface area contributed by atoms with Gasteiger partial charge < -0.3 is 0 Å². The minimum Gasteiger partial charge on any atom is -0.272 e. The van der Waals surface area contributed by atoms with E-state index >= 15 is 0 Å². The fraction of sp³-hybridized carbons (Fsp3) is 0.667. The number of aromatic nitrogens is 2. The molecule has 0 aliphatic rings. The zero-order valence-corrected chi connectivity index (χ0v) is 8.82. The molecular formula is C9H16N2S. The van der Waals surface area contributed by atoms with Gasteiger partial charge >= 0.3 is 0 Å². The van der Waals surface area contributed by atoms with Crippen molar-refractivity contribution in [2.75, 3.05) is 5.75 Å². The lowest BCUT2D eigenvalue weighted by Crippen LogP contribution is -1.95. The van der Waals surface area contributed by atoms with Crippen LogP contribution in [0.4, 0.5) is 0 Å². The summed E-state index contributed by atoms with van der Waals surface area (Å²) in [5.74, 6) is 1.17. The highest BCUT2D eigenvalue weighted by Gasteiger charge is 2.02. The summed E-state index contributed by atoms with van der Waals surface area (Å²) in [6, 6.07) is 2.18. The fourth-order valence-electron chi connectivity index (χ4n) is 1.08. The second-order valence-corrected chi connectivity index (χ2v) is 3.91. The first-order valence-electron chi connectivity index (χ1n) is 4.43. The Labute approximate surface area is 78.4 Å². The van der Waals surface area contributed by atoms with E-state index in [1.165, 1.54) is 17.9 Å². The van der Waals surface area contributed by atoms with Crippen molar-refractivity contribution >= 4 is 11.8 Å². The first-order chi connectivity index (χ1) is 5.77. The molecule has 0 aliphatic carbocycles. The summed E-state index contributed by atoms with van der Waals surface area (Å²) in [7, 11) is 2.01. The standard InChI is InChI=1S/C9H16N2S/c1-4-6-12-9-7-8(5-2)11(3)10-9/h7H,4-6H2,1-3H3. The summed E-state index contributed by atoms with van der Waals surface area (Å²) >= 11 is 1.84. The second kappa shape index (κ2) is 4.55. The smallest absolute Gasteiger partial charge is 0.118 e. The number of rotatable bonds is 4. The van der Waals surface area contributed by atoms with Gasteiger partial charge in [-0.25, -0.2) is 0 Å². The van der Waals surface area contributed by atoms with Crippen LogP contribution in [0.25, 0.3) is 0 Å². The Kier molecular flexibility index (Phi) is 3.66. The maximum atomic E-state index is 4.40. The van der Waals surface area contributed by atoms with Crippen LogP contribution in [-0.4, -0.2) is 15.5 Å². The molecule has 0 fully saturated rings. The highest BCUT2D eigenvalue weighted by Crippen LogP contribution is 2.17. The summed E-state index contributed by atoms with van der Waals surface area (Å²) in [6.07, 6.45) is 2.28. The Morgan fingerprint density at radius 2 is 2.25 bits per heavy atom. The zero-order chi connectivity index (χ0) is 8.97. The maximum Gasteiger partial charge on any atom is 0.118 e. The van der Waals surface area contributed by atoms with Gasteiger partial charge in [0.05, 0.1) is 0 Å². The quantitative estimate of drug-likeness (QED) is 0.669. The molecule has 12 heavy (non-hydrogen) atoms. The van der Waals surface area contributed by atoms with Crippen LogP contribution in [-0.2, 0) is 13.5 Å². The molecule has 0 radical (unpaired) electrons. The minimum absolute atomic E-state index is 1.07. The molecule has 2 nitrogen and oxygen atoms in total. The SMILES string of the molecule is CCCSc1cc(CC)n(C)n1. The first-order valence-corrected chi connectivity index (χ1v) is 5.42. The lowest BCUT2D eigenvalue weighted by molar-refractivity contribution is 0.698. The average Bonchev–Trinajstić information content (AvgIpc) is 2.43. The van der Waals surface area contributed by atoms with E-state index in [1.807, 2.05) is 23.5 Å². The van der Waals surface area contributed by atoms with Crippen LogP contribution in [0.1, 0.15) is 26.0 Å². The maximum absolute atomic E-state index is 4.40. The van der Waals surface area contributed by atoms with Crippen molar-refractivity contribution in [2.24, 2.45) is 7.05 Å². The van der Waals surface area contributed by atoms with Crippen molar-refractivity contribution < 1.29 is 0 Å². The Morgan fingerprint density at radius 3 is 2.75 bits per heavy atom. The molecule has 1 aromatic rings. The van der Waals surface area contributed by atoms with Gasteiger partial charge in [-0.15, -0.1) is 11.8 Å². The van der Waals surface area contributed by atoms with Gasteiger partial charge in [-0.05, 0) is 24.7 Å². The van der Waals surface area contributed by atoms with Gasteiger partial charge in [0, 0.05) is 12.7 Å². The highest BCUT2D eigenvalue weighted by molar-refractivity contribution is 7.99. The number of thioether (sulfide) groups is 1. The van der Waals surface area contributed by atoms with Gasteiger partial charge in [0.25, 0.3) is 0 Å².